The van der Waals surface area contributed by atoms with Crippen LogP contribution in [0.4, 0.5) is 11.5 Å². The van der Waals surface area contributed by atoms with Gasteiger partial charge in [0.25, 0.3) is 5.69 Å². The molecule has 0 radical (unpaired) electrons. The van der Waals surface area contributed by atoms with E-state index in [4.69, 9.17) is 5.84 Å². The van der Waals surface area contributed by atoms with Crippen LogP contribution in [-0.4, -0.2) is 24.7 Å². The van der Waals surface area contributed by atoms with Crippen molar-refractivity contribution in [3.8, 4) is 5.69 Å². The van der Waals surface area contributed by atoms with Crippen LogP contribution in [0.1, 0.15) is 0 Å². The molecule has 3 aromatic rings. The monoisotopic (exact) mass is 307 g/mol. The molecule has 0 aliphatic rings. The highest BCUT2D eigenvalue weighted by Crippen LogP contribution is 2.22. The molecular formula is C11H10ClN7O2. The maximum absolute atomic E-state index is 10.8. The third kappa shape index (κ3) is 2.47. The number of anilines is 1. The number of non-ortho nitro benzene ring substituents is 1. The lowest BCUT2D eigenvalue weighted by Gasteiger charge is -2.03. The summed E-state index contributed by atoms with van der Waals surface area (Å²) in [5.74, 6) is 5.80. The Kier molecular flexibility index (Phi) is 3.96. The second-order valence-electron chi connectivity index (χ2n) is 3.94. The summed E-state index contributed by atoms with van der Waals surface area (Å²) in [6.45, 7) is 0. The maximum Gasteiger partial charge on any atom is 0.271 e. The topological polar surface area (TPSA) is 125 Å². The van der Waals surface area contributed by atoms with Crippen LogP contribution >= 0.6 is 12.4 Å². The molecule has 108 valence electrons. The normalized spacial score (nSPS) is 10.1. The molecule has 0 fully saturated rings. The number of fused-ring (bicyclic) bond motifs is 1. The van der Waals surface area contributed by atoms with Gasteiger partial charge in [-0.05, 0) is 6.07 Å². The number of nitro groups is 1. The molecule has 0 aliphatic heterocycles. The number of nitrogen functional groups attached to an aromatic ring is 1. The summed E-state index contributed by atoms with van der Waals surface area (Å²) < 4.78 is 1.49. The van der Waals surface area contributed by atoms with Crippen LogP contribution in [0.15, 0.2) is 36.8 Å². The molecule has 0 saturated carbocycles. The highest BCUT2D eigenvalue weighted by molar-refractivity contribution is 5.86. The number of nitrogens with two attached hydrogens (primary N) is 1. The Morgan fingerprint density at radius 3 is 2.86 bits per heavy atom. The third-order valence-electron chi connectivity index (χ3n) is 2.79. The van der Waals surface area contributed by atoms with E-state index >= 15 is 0 Å². The van der Waals surface area contributed by atoms with E-state index in [1.165, 1.54) is 23.1 Å². The molecule has 0 bridgehead atoms. The van der Waals surface area contributed by atoms with Crippen molar-refractivity contribution >= 4 is 34.9 Å². The fourth-order valence-corrected chi connectivity index (χ4v) is 1.89. The van der Waals surface area contributed by atoms with Gasteiger partial charge in [0.05, 0.1) is 22.2 Å². The molecule has 1 aromatic carbocycles. The van der Waals surface area contributed by atoms with Gasteiger partial charge >= 0.3 is 0 Å². The van der Waals surface area contributed by atoms with Crippen molar-refractivity contribution < 1.29 is 4.92 Å². The van der Waals surface area contributed by atoms with Gasteiger partial charge in [-0.2, -0.15) is 5.10 Å². The van der Waals surface area contributed by atoms with Crippen LogP contribution in [0.5, 0.6) is 0 Å². The van der Waals surface area contributed by atoms with E-state index in [1.54, 1.807) is 18.3 Å². The molecule has 10 heteroatoms. The van der Waals surface area contributed by atoms with Gasteiger partial charge in [0, 0.05) is 12.1 Å². The molecule has 3 N–H and O–H groups in total. The van der Waals surface area contributed by atoms with Gasteiger partial charge in [-0.1, -0.05) is 6.07 Å². The standard InChI is InChI=1S/C11H9N7O2.ClH/c12-16-10-9-5-15-17(11(9)14-6-13-10)7-2-1-3-8(4-7)18(19)20;/h1-6H,12H2,(H,13,14,16);1H. The minimum Gasteiger partial charge on any atom is -0.308 e. The first-order valence-corrected chi connectivity index (χ1v) is 5.61. The van der Waals surface area contributed by atoms with E-state index in [0.29, 0.717) is 22.5 Å². The van der Waals surface area contributed by atoms with Crippen LogP contribution in [-0.2, 0) is 0 Å². The molecule has 2 heterocycles. The number of hydrogen-bond acceptors (Lipinski definition) is 7. The number of halogens is 1. The lowest BCUT2D eigenvalue weighted by Crippen LogP contribution is -2.09. The zero-order valence-electron chi connectivity index (χ0n) is 10.5. The highest BCUT2D eigenvalue weighted by atomic mass is 35.5. The first kappa shape index (κ1) is 14.6. The van der Waals surface area contributed by atoms with Crippen molar-refractivity contribution in [2.75, 3.05) is 5.43 Å². The Labute approximate surface area is 124 Å². The molecule has 9 nitrogen and oxygen atoms in total. The average Bonchev–Trinajstić information content (AvgIpc) is 2.91. The van der Waals surface area contributed by atoms with Crippen LogP contribution in [0.2, 0.25) is 0 Å². The van der Waals surface area contributed by atoms with Crippen LogP contribution in [0.3, 0.4) is 0 Å². The summed E-state index contributed by atoms with van der Waals surface area (Å²) in [7, 11) is 0. The molecule has 2 aromatic heterocycles. The van der Waals surface area contributed by atoms with Crippen LogP contribution in [0, 0.1) is 10.1 Å². The fraction of sp³-hybridized carbons (Fsp3) is 0. The molecule has 0 aliphatic carbocycles. The van der Waals surface area contributed by atoms with Crippen molar-refractivity contribution in [2.24, 2.45) is 5.84 Å². The number of nitrogens with zero attached hydrogens (tertiary/aromatic N) is 5. The summed E-state index contributed by atoms with van der Waals surface area (Å²) in [6.07, 6.45) is 2.89. The summed E-state index contributed by atoms with van der Waals surface area (Å²) in [6, 6.07) is 6.13. The predicted octanol–water partition coefficient (Wildman–Crippen LogP) is 1.43. The Hall–Kier alpha value is -2.78. The van der Waals surface area contributed by atoms with Gasteiger partial charge in [0.15, 0.2) is 11.5 Å². The van der Waals surface area contributed by atoms with E-state index in [2.05, 4.69) is 20.5 Å². The SMILES string of the molecule is Cl.NNc1ncnc2c1cnn2-c1cccc([N+](=O)[O-])c1. The highest BCUT2D eigenvalue weighted by Gasteiger charge is 2.12. The summed E-state index contributed by atoms with van der Waals surface area (Å²) in [4.78, 5) is 18.4. The van der Waals surface area contributed by atoms with Gasteiger partial charge in [0.2, 0.25) is 0 Å². The van der Waals surface area contributed by atoms with Crippen LogP contribution < -0.4 is 11.3 Å². The fourth-order valence-electron chi connectivity index (χ4n) is 1.89. The Morgan fingerprint density at radius 2 is 2.14 bits per heavy atom. The lowest BCUT2D eigenvalue weighted by atomic mass is 10.3. The Bertz CT molecular complexity index is 804. The second kappa shape index (κ2) is 5.69. The van der Waals surface area contributed by atoms with Crippen molar-refractivity contribution in [2.45, 2.75) is 0 Å². The van der Waals surface area contributed by atoms with Gasteiger partial charge in [-0.15, -0.1) is 12.4 Å². The molecule has 21 heavy (non-hydrogen) atoms. The molecule has 3 rings (SSSR count). The predicted molar refractivity (Wildman–Crippen MR) is 78.4 cm³/mol. The summed E-state index contributed by atoms with van der Waals surface area (Å²) in [5, 5.41) is 15.6. The molecule has 0 atom stereocenters. The number of aromatic nitrogens is 4. The number of benzene rings is 1. The van der Waals surface area contributed by atoms with Crippen molar-refractivity contribution in [1.29, 1.82) is 0 Å². The first-order chi connectivity index (χ1) is 9.70. The smallest absolute Gasteiger partial charge is 0.271 e. The molecule has 0 spiro atoms. The molecule has 0 saturated heterocycles. The minimum atomic E-state index is -0.461. The van der Waals surface area contributed by atoms with Crippen molar-refractivity contribution in [1.82, 2.24) is 19.7 Å². The van der Waals surface area contributed by atoms with Crippen LogP contribution in [0.25, 0.3) is 16.7 Å². The zero-order chi connectivity index (χ0) is 14.1. The number of nitro benzene ring substituents is 1. The first-order valence-electron chi connectivity index (χ1n) is 5.61. The Balaban J connectivity index is 0.00000161. The second-order valence-corrected chi connectivity index (χ2v) is 3.94. The van der Waals surface area contributed by atoms with E-state index in [0.717, 1.165) is 0 Å². The molecular weight excluding hydrogens is 298 g/mol. The van der Waals surface area contributed by atoms with E-state index in [9.17, 15) is 10.1 Å². The quantitative estimate of drug-likeness (QED) is 0.426. The van der Waals surface area contributed by atoms with E-state index < -0.39 is 4.92 Å². The molecule has 0 amide bonds. The number of nitrogens with one attached hydrogen (secondary N) is 1. The van der Waals surface area contributed by atoms with Crippen molar-refractivity contribution in [3.05, 3.63) is 46.9 Å². The summed E-state index contributed by atoms with van der Waals surface area (Å²) in [5.41, 5.74) is 3.48. The average molecular weight is 308 g/mol. The Morgan fingerprint density at radius 1 is 1.33 bits per heavy atom. The van der Waals surface area contributed by atoms with Gasteiger partial charge in [-0.3, -0.25) is 10.1 Å². The summed E-state index contributed by atoms with van der Waals surface area (Å²) >= 11 is 0. The van der Waals surface area contributed by atoms with Gasteiger partial charge in [-0.25, -0.2) is 20.5 Å². The number of hydrazine groups is 1. The lowest BCUT2D eigenvalue weighted by molar-refractivity contribution is -0.384. The van der Waals surface area contributed by atoms with E-state index in [1.807, 2.05) is 0 Å². The zero-order valence-corrected chi connectivity index (χ0v) is 11.3. The van der Waals surface area contributed by atoms with E-state index in [-0.39, 0.29) is 18.1 Å². The number of hydrogen-bond donors (Lipinski definition) is 2. The van der Waals surface area contributed by atoms with Crippen molar-refractivity contribution in [3.63, 3.8) is 0 Å². The third-order valence-corrected chi connectivity index (χ3v) is 2.79. The van der Waals surface area contributed by atoms with Gasteiger partial charge < -0.3 is 5.43 Å². The maximum atomic E-state index is 10.8. The largest absolute Gasteiger partial charge is 0.308 e. The number of rotatable bonds is 3. The minimum absolute atomic E-state index is 0. The molecule has 0 unspecified atom stereocenters. The van der Waals surface area contributed by atoms with Gasteiger partial charge in [0.1, 0.15) is 6.33 Å².